The quantitative estimate of drug-likeness (QED) is 0.836. The van der Waals surface area contributed by atoms with Crippen LogP contribution in [0.2, 0.25) is 5.02 Å². The largest absolute Gasteiger partial charge is 0.497 e. The molecule has 0 fully saturated rings. The fraction of sp³-hybridized carbons (Fsp3) is 0.278. The van der Waals surface area contributed by atoms with Crippen molar-refractivity contribution in [3.8, 4) is 5.75 Å². The number of nitrogens with zero attached hydrogens (tertiary/aromatic N) is 1. The number of rotatable bonds is 6. The predicted octanol–water partition coefficient (Wildman–Crippen LogP) is 3.77. The second-order valence-electron chi connectivity index (χ2n) is 5.59. The molecule has 0 aromatic heterocycles. The summed E-state index contributed by atoms with van der Waals surface area (Å²) in [5.74, 6) is 0.810. The Bertz CT molecular complexity index is 657. The lowest BCUT2D eigenvalue weighted by molar-refractivity contribution is 0.243. The highest BCUT2D eigenvalue weighted by atomic mass is 35.5. The third-order valence-corrected chi connectivity index (χ3v) is 3.93. The number of urea groups is 1. The van der Waals surface area contributed by atoms with Crippen LogP contribution >= 0.6 is 11.6 Å². The van der Waals surface area contributed by atoms with Crippen molar-refractivity contribution < 1.29 is 9.53 Å². The minimum absolute atomic E-state index is 0.0619. The number of carbonyl (C=O) groups is 1. The van der Waals surface area contributed by atoms with E-state index in [0.717, 1.165) is 11.3 Å². The van der Waals surface area contributed by atoms with Crippen LogP contribution in [0.5, 0.6) is 5.75 Å². The van der Waals surface area contributed by atoms with Crippen molar-refractivity contribution in [1.29, 1.82) is 0 Å². The fourth-order valence-corrected chi connectivity index (χ4v) is 2.45. The number of carbonyl (C=O) groups excluding carboxylic acids is 1. The summed E-state index contributed by atoms with van der Waals surface area (Å²) in [7, 11) is 5.60. The zero-order valence-electron chi connectivity index (χ0n) is 14.0. The normalized spacial score (nSPS) is 11.9. The molecule has 0 aliphatic rings. The first-order valence-electron chi connectivity index (χ1n) is 7.60. The average Bonchev–Trinajstić information content (AvgIpc) is 2.57. The van der Waals surface area contributed by atoms with Crippen molar-refractivity contribution in [2.45, 2.75) is 6.04 Å². The Morgan fingerprint density at radius 2 is 1.75 bits per heavy atom. The van der Waals surface area contributed by atoms with E-state index in [-0.39, 0.29) is 12.1 Å². The van der Waals surface area contributed by atoms with E-state index in [9.17, 15) is 4.79 Å². The van der Waals surface area contributed by atoms with E-state index >= 15 is 0 Å². The number of halogens is 1. The van der Waals surface area contributed by atoms with E-state index in [0.29, 0.717) is 17.3 Å². The molecule has 0 radical (unpaired) electrons. The Hall–Kier alpha value is -2.24. The van der Waals surface area contributed by atoms with Gasteiger partial charge in [0.05, 0.1) is 13.2 Å². The second-order valence-corrected chi connectivity index (χ2v) is 6.03. The maximum absolute atomic E-state index is 12.1. The van der Waals surface area contributed by atoms with E-state index in [1.165, 1.54) is 0 Å². The monoisotopic (exact) mass is 347 g/mol. The van der Waals surface area contributed by atoms with Crippen LogP contribution in [-0.4, -0.2) is 38.7 Å². The molecule has 2 aromatic carbocycles. The first kappa shape index (κ1) is 18.1. The molecule has 1 unspecified atom stereocenters. The van der Waals surface area contributed by atoms with Gasteiger partial charge < -0.3 is 20.3 Å². The SMILES string of the molecule is COc1ccc(C(CNC(=O)Nc2ccc(Cl)cc2)N(C)C)cc1. The molecule has 1 atom stereocenters. The Morgan fingerprint density at radius 3 is 2.29 bits per heavy atom. The van der Waals surface area contributed by atoms with Crippen molar-refractivity contribution in [2.75, 3.05) is 33.1 Å². The van der Waals surface area contributed by atoms with E-state index in [2.05, 4.69) is 15.5 Å². The first-order chi connectivity index (χ1) is 11.5. The molecular weight excluding hydrogens is 326 g/mol. The molecule has 0 aliphatic heterocycles. The summed E-state index contributed by atoms with van der Waals surface area (Å²) in [6, 6.07) is 14.6. The van der Waals surface area contributed by atoms with Crippen molar-refractivity contribution >= 4 is 23.3 Å². The lowest BCUT2D eigenvalue weighted by Gasteiger charge is -2.25. The number of anilines is 1. The molecule has 0 spiro atoms. The lowest BCUT2D eigenvalue weighted by Crippen LogP contribution is -2.36. The van der Waals surface area contributed by atoms with Crippen molar-refractivity contribution in [3.05, 3.63) is 59.1 Å². The summed E-state index contributed by atoms with van der Waals surface area (Å²) in [5.41, 5.74) is 1.80. The highest BCUT2D eigenvalue weighted by Gasteiger charge is 2.15. The number of hydrogen-bond acceptors (Lipinski definition) is 3. The summed E-state index contributed by atoms with van der Waals surface area (Å²) in [4.78, 5) is 14.1. The van der Waals surface area contributed by atoms with Crippen LogP contribution in [0.15, 0.2) is 48.5 Å². The first-order valence-corrected chi connectivity index (χ1v) is 7.98. The molecule has 0 saturated carbocycles. The van der Waals surface area contributed by atoms with Gasteiger partial charge in [-0.1, -0.05) is 23.7 Å². The molecule has 24 heavy (non-hydrogen) atoms. The van der Waals surface area contributed by atoms with Crippen molar-refractivity contribution in [3.63, 3.8) is 0 Å². The summed E-state index contributed by atoms with van der Waals surface area (Å²) >= 11 is 5.83. The number of methoxy groups -OCH3 is 1. The van der Waals surface area contributed by atoms with Gasteiger partial charge in [-0.2, -0.15) is 0 Å². The third-order valence-electron chi connectivity index (χ3n) is 3.68. The number of nitrogens with one attached hydrogen (secondary N) is 2. The molecule has 2 rings (SSSR count). The number of hydrogen-bond donors (Lipinski definition) is 2. The molecule has 0 bridgehead atoms. The standard InChI is InChI=1S/C18H22ClN3O2/c1-22(2)17(13-4-10-16(24-3)11-5-13)12-20-18(23)21-15-8-6-14(19)7-9-15/h4-11,17H,12H2,1-3H3,(H2,20,21,23). The topological polar surface area (TPSA) is 53.6 Å². The molecule has 0 heterocycles. The molecule has 5 nitrogen and oxygen atoms in total. The molecule has 2 aromatic rings. The zero-order chi connectivity index (χ0) is 17.5. The van der Waals surface area contributed by atoms with Gasteiger partial charge in [0.25, 0.3) is 0 Å². The summed E-state index contributed by atoms with van der Waals surface area (Å²) in [5, 5.41) is 6.32. The van der Waals surface area contributed by atoms with Crippen molar-refractivity contribution in [2.24, 2.45) is 0 Å². The maximum Gasteiger partial charge on any atom is 0.319 e. The van der Waals surface area contributed by atoms with E-state index in [1.54, 1.807) is 31.4 Å². The molecule has 128 valence electrons. The zero-order valence-corrected chi connectivity index (χ0v) is 14.8. The summed E-state index contributed by atoms with van der Waals surface area (Å²) < 4.78 is 5.18. The van der Waals surface area contributed by atoms with Gasteiger partial charge in [0, 0.05) is 17.3 Å². The number of amides is 2. The van der Waals surface area contributed by atoms with Crippen LogP contribution in [0, 0.1) is 0 Å². The molecule has 2 amide bonds. The van der Waals surface area contributed by atoms with Gasteiger partial charge in [-0.25, -0.2) is 4.79 Å². The molecule has 6 heteroatoms. The average molecular weight is 348 g/mol. The number of ether oxygens (including phenoxy) is 1. The van der Waals surface area contributed by atoms with Gasteiger partial charge in [-0.15, -0.1) is 0 Å². The van der Waals surface area contributed by atoms with E-state index < -0.39 is 0 Å². The minimum atomic E-state index is -0.252. The van der Waals surface area contributed by atoms with Gasteiger partial charge in [0.15, 0.2) is 0 Å². The Kier molecular flexibility index (Phi) is 6.46. The Balaban J connectivity index is 1.95. The predicted molar refractivity (Wildman–Crippen MR) is 97.9 cm³/mol. The molecular formula is C18H22ClN3O2. The van der Waals surface area contributed by atoms with E-state index in [1.807, 2.05) is 38.4 Å². The van der Waals surface area contributed by atoms with Crippen LogP contribution < -0.4 is 15.4 Å². The molecule has 0 saturated heterocycles. The third kappa shape index (κ3) is 5.15. The van der Waals surface area contributed by atoms with Gasteiger partial charge in [-0.05, 0) is 56.1 Å². The van der Waals surface area contributed by atoms with Crippen molar-refractivity contribution in [1.82, 2.24) is 10.2 Å². The summed E-state index contributed by atoms with van der Waals surface area (Å²) in [6.45, 7) is 0.485. The second kappa shape index (κ2) is 8.57. The van der Waals surface area contributed by atoms with Crippen LogP contribution in [0.25, 0.3) is 0 Å². The fourth-order valence-electron chi connectivity index (χ4n) is 2.32. The van der Waals surface area contributed by atoms with Crippen LogP contribution in [0.4, 0.5) is 10.5 Å². The molecule has 0 aliphatic carbocycles. The Morgan fingerprint density at radius 1 is 1.12 bits per heavy atom. The van der Waals surface area contributed by atoms with E-state index in [4.69, 9.17) is 16.3 Å². The minimum Gasteiger partial charge on any atom is -0.497 e. The van der Waals surface area contributed by atoms with Gasteiger partial charge in [0.2, 0.25) is 0 Å². The smallest absolute Gasteiger partial charge is 0.319 e. The van der Waals surface area contributed by atoms with Crippen LogP contribution in [0.1, 0.15) is 11.6 Å². The molecule has 2 N–H and O–H groups in total. The maximum atomic E-state index is 12.1. The van der Waals surface area contributed by atoms with Gasteiger partial charge in [0.1, 0.15) is 5.75 Å². The van der Waals surface area contributed by atoms with Crippen LogP contribution in [0.3, 0.4) is 0 Å². The van der Waals surface area contributed by atoms with Crippen LogP contribution in [-0.2, 0) is 0 Å². The summed E-state index contributed by atoms with van der Waals surface area (Å²) in [6.07, 6.45) is 0. The van der Waals surface area contributed by atoms with Gasteiger partial charge >= 0.3 is 6.03 Å². The lowest BCUT2D eigenvalue weighted by atomic mass is 10.1. The number of likely N-dealkylation sites (N-methyl/N-ethyl adjacent to an activating group) is 1. The van der Waals surface area contributed by atoms with Gasteiger partial charge in [-0.3, -0.25) is 0 Å². The number of benzene rings is 2. The Labute approximate surface area is 147 Å². The highest BCUT2D eigenvalue weighted by Crippen LogP contribution is 2.20. The highest BCUT2D eigenvalue weighted by molar-refractivity contribution is 6.30.